The van der Waals surface area contributed by atoms with E-state index in [9.17, 15) is 4.79 Å². The first-order chi connectivity index (χ1) is 7.76. The van der Waals surface area contributed by atoms with Crippen molar-refractivity contribution in [3.63, 3.8) is 0 Å². The van der Waals surface area contributed by atoms with E-state index in [4.69, 9.17) is 0 Å². The van der Waals surface area contributed by atoms with Crippen LogP contribution in [0.15, 0.2) is 24.3 Å². The molecule has 1 heterocycles. The first-order valence-corrected chi connectivity index (χ1v) is 5.89. The van der Waals surface area contributed by atoms with Crippen LogP contribution in [-0.4, -0.2) is 29.9 Å². The molecule has 1 aromatic carbocycles. The van der Waals surface area contributed by atoms with E-state index in [2.05, 4.69) is 11.4 Å². The van der Waals surface area contributed by atoms with E-state index < -0.39 is 0 Å². The Balaban J connectivity index is 2.08. The molecule has 0 radical (unpaired) electrons. The van der Waals surface area contributed by atoms with E-state index in [-0.39, 0.29) is 11.9 Å². The molecule has 1 atom stereocenters. The summed E-state index contributed by atoms with van der Waals surface area (Å²) in [4.78, 5) is 14.0. The van der Waals surface area contributed by atoms with E-state index >= 15 is 0 Å². The summed E-state index contributed by atoms with van der Waals surface area (Å²) in [7, 11) is 0. The van der Waals surface area contributed by atoms with Crippen molar-refractivity contribution in [2.75, 3.05) is 18.4 Å². The summed E-state index contributed by atoms with van der Waals surface area (Å²) in [6, 6.07) is 8.06. The number of hydrogen-bond acceptors (Lipinski definition) is 2. The second-order valence-corrected chi connectivity index (χ2v) is 4.07. The van der Waals surface area contributed by atoms with E-state index in [0.717, 1.165) is 25.2 Å². The monoisotopic (exact) mass is 218 g/mol. The molecule has 0 spiro atoms. The van der Waals surface area contributed by atoms with E-state index in [1.54, 1.807) is 0 Å². The van der Waals surface area contributed by atoms with Gasteiger partial charge in [-0.15, -0.1) is 0 Å². The van der Waals surface area contributed by atoms with Crippen molar-refractivity contribution >= 4 is 11.6 Å². The fraction of sp³-hybridized carbons (Fsp3) is 0.462. The quantitative estimate of drug-likeness (QED) is 0.840. The van der Waals surface area contributed by atoms with Gasteiger partial charge in [-0.05, 0) is 25.5 Å². The maximum absolute atomic E-state index is 12.1. The standard InChI is InChI=1S/C13H18N2O/c1-3-15(4-2)13(16)12-9-10-7-5-6-8-11(10)14-12/h5-8,12,14H,3-4,9H2,1-2H3/t12-/m0/s1. The van der Waals surface area contributed by atoms with Crippen LogP contribution in [0.3, 0.4) is 0 Å². The molecular weight excluding hydrogens is 200 g/mol. The molecule has 3 heteroatoms. The normalized spacial score (nSPS) is 17.8. The van der Waals surface area contributed by atoms with Crippen LogP contribution in [0.1, 0.15) is 19.4 Å². The zero-order valence-electron chi connectivity index (χ0n) is 9.86. The van der Waals surface area contributed by atoms with E-state index in [0.29, 0.717) is 0 Å². The lowest BCUT2D eigenvalue weighted by Crippen LogP contribution is -2.41. The number of amides is 1. The van der Waals surface area contributed by atoms with Gasteiger partial charge < -0.3 is 10.2 Å². The lowest BCUT2D eigenvalue weighted by molar-refractivity contribution is -0.131. The number of carbonyl (C=O) groups excluding carboxylic acids is 1. The fourth-order valence-electron chi connectivity index (χ4n) is 2.20. The van der Waals surface area contributed by atoms with E-state index in [1.165, 1.54) is 5.56 Å². The summed E-state index contributed by atoms with van der Waals surface area (Å²) in [5.41, 5.74) is 2.35. The molecule has 1 amide bonds. The third-order valence-electron chi connectivity index (χ3n) is 3.14. The number of hydrogen-bond donors (Lipinski definition) is 1. The fourth-order valence-corrected chi connectivity index (χ4v) is 2.20. The molecule has 0 aromatic heterocycles. The van der Waals surface area contributed by atoms with Crippen LogP contribution in [0, 0.1) is 0 Å². The summed E-state index contributed by atoms with van der Waals surface area (Å²) < 4.78 is 0. The van der Waals surface area contributed by atoms with Crippen LogP contribution in [0.5, 0.6) is 0 Å². The minimum Gasteiger partial charge on any atom is -0.373 e. The van der Waals surface area contributed by atoms with Crippen molar-refractivity contribution in [3.8, 4) is 0 Å². The lowest BCUT2D eigenvalue weighted by Gasteiger charge is -2.22. The molecule has 1 aromatic rings. The Morgan fingerprint density at radius 3 is 2.69 bits per heavy atom. The maximum atomic E-state index is 12.1. The Labute approximate surface area is 96.5 Å². The molecule has 0 aliphatic carbocycles. The molecule has 0 saturated heterocycles. The van der Waals surface area contributed by atoms with Gasteiger partial charge in [0.2, 0.25) is 5.91 Å². The minimum absolute atomic E-state index is 0.0719. The molecular formula is C13H18N2O. The van der Waals surface area contributed by atoms with Crippen molar-refractivity contribution < 1.29 is 4.79 Å². The van der Waals surface area contributed by atoms with Gasteiger partial charge >= 0.3 is 0 Å². The van der Waals surface area contributed by atoms with Gasteiger partial charge in [-0.3, -0.25) is 4.79 Å². The van der Waals surface area contributed by atoms with Crippen LogP contribution in [-0.2, 0) is 11.2 Å². The molecule has 1 aliphatic heterocycles. The van der Waals surface area contributed by atoms with Gasteiger partial charge in [0.1, 0.15) is 6.04 Å². The number of carbonyl (C=O) groups is 1. The molecule has 16 heavy (non-hydrogen) atoms. The predicted molar refractivity (Wildman–Crippen MR) is 65.5 cm³/mol. The van der Waals surface area contributed by atoms with Crippen LogP contribution in [0.4, 0.5) is 5.69 Å². The molecule has 0 fully saturated rings. The average Bonchev–Trinajstić information content (AvgIpc) is 2.74. The van der Waals surface area contributed by atoms with Gasteiger partial charge in [0.05, 0.1) is 0 Å². The Kier molecular flexibility index (Phi) is 3.13. The number of nitrogens with one attached hydrogen (secondary N) is 1. The topological polar surface area (TPSA) is 32.3 Å². The van der Waals surface area contributed by atoms with E-state index in [1.807, 2.05) is 36.9 Å². The van der Waals surface area contributed by atoms with Gasteiger partial charge in [0.15, 0.2) is 0 Å². The number of anilines is 1. The van der Waals surface area contributed by atoms with Gasteiger partial charge in [-0.2, -0.15) is 0 Å². The first-order valence-electron chi connectivity index (χ1n) is 5.89. The van der Waals surface area contributed by atoms with Crippen LogP contribution >= 0.6 is 0 Å². The highest BCUT2D eigenvalue weighted by Gasteiger charge is 2.28. The molecule has 1 N–H and O–H groups in total. The zero-order valence-corrected chi connectivity index (χ0v) is 9.86. The van der Waals surface area contributed by atoms with Gasteiger partial charge in [0.25, 0.3) is 0 Å². The molecule has 0 saturated carbocycles. The Morgan fingerprint density at radius 2 is 2.06 bits per heavy atom. The predicted octanol–water partition coefficient (Wildman–Crippen LogP) is 1.89. The molecule has 2 rings (SSSR count). The van der Waals surface area contributed by atoms with Crippen molar-refractivity contribution in [2.45, 2.75) is 26.3 Å². The summed E-state index contributed by atoms with van der Waals surface area (Å²) in [5, 5.41) is 3.29. The number of benzene rings is 1. The van der Waals surface area contributed by atoms with Gasteiger partial charge in [-0.25, -0.2) is 0 Å². The first kappa shape index (κ1) is 11.0. The second kappa shape index (κ2) is 4.56. The highest BCUT2D eigenvalue weighted by atomic mass is 16.2. The number of fused-ring (bicyclic) bond motifs is 1. The molecule has 0 bridgehead atoms. The molecule has 0 unspecified atom stereocenters. The van der Waals surface area contributed by atoms with Crippen LogP contribution in [0.25, 0.3) is 0 Å². The Hall–Kier alpha value is -1.51. The Morgan fingerprint density at radius 1 is 1.38 bits per heavy atom. The smallest absolute Gasteiger partial charge is 0.245 e. The highest BCUT2D eigenvalue weighted by Crippen LogP contribution is 2.25. The molecule has 86 valence electrons. The van der Waals surface area contributed by atoms with Crippen molar-refractivity contribution in [1.82, 2.24) is 4.90 Å². The van der Waals surface area contributed by atoms with Crippen molar-refractivity contribution in [1.29, 1.82) is 0 Å². The zero-order chi connectivity index (χ0) is 11.5. The third kappa shape index (κ3) is 1.90. The average molecular weight is 218 g/mol. The number of para-hydroxylation sites is 1. The van der Waals surface area contributed by atoms with Crippen LogP contribution in [0.2, 0.25) is 0 Å². The largest absolute Gasteiger partial charge is 0.373 e. The Bertz CT molecular complexity index is 360. The third-order valence-corrected chi connectivity index (χ3v) is 3.14. The SMILES string of the molecule is CCN(CC)C(=O)[C@@H]1Cc2ccccc2N1. The maximum Gasteiger partial charge on any atom is 0.245 e. The summed E-state index contributed by atoms with van der Waals surface area (Å²) in [6.07, 6.45) is 0.811. The lowest BCUT2D eigenvalue weighted by atomic mass is 10.1. The van der Waals surface area contributed by atoms with Gasteiger partial charge in [-0.1, -0.05) is 18.2 Å². The second-order valence-electron chi connectivity index (χ2n) is 4.07. The van der Waals surface area contributed by atoms with Crippen molar-refractivity contribution in [2.24, 2.45) is 0 Å². The minimum atomic E-state index is -0.0719. The summed E-state index contributed by atoms with van der Waals surface area (Å²) >= 11 is 0. The summed E-state index contributed by atoms with van der Waals surface area (Å²) in [5.74, 6) is 0.209. The summed E-state index contributed by atoms with van der Waals surface area (Å²) in [6.45, 7) is 5.60. The molecule has 3 nitrogen and oxygen atoms in total. The number of likely N-dealkylation sites (N-methyl/N-ethyl adjacent to an activating group) is 1. The van der Waals surface area contributed by atoms with Gasteiger partial charge in [0, 0.05) is 25.2 Å². The molecule has 1 aliphatic rings. The van der Waals surface area contributed by atoms with Crippen LogP contribution < -0.4 is 5.32 Å². The number of nitrogens with zero attached hydrogens (tertiary/aromatic N) is 1. The van der Waals surface area contributed by atoms with Crippen molar-refractivity contribution in [3.05, 3.63) is 29.8 Å². The number of rotatable bonds is 3. The highest BCUT2D eigenvalue weighted by molar-refractivity contribution is 5.87.